The molecule has 0 saturated heterocycles. The standard InChI is InChI=1S/C22H28N2O4S/c1-16-14-20-15-19(10-11-21(20)24(16)29(3,26)27)22(25)23-12-7-13-28-17(2)18-8-5-4-6-9-18/h4-6,8-11,15-17H,7,12-14H2,1-3H3,(H,23,25). The quantitative estimate of drug-likeness (QED) is 0.670. The minimum atomic E-state index is -3.33. The molecule has 0 saturated carbocycles. The zero-order chi connectivity index (χ0) is 21.0. The summed E-state index contributed by atoms with van der Waals surface area (Å²) in [5.74, 6) is -0.158. The van der Waals surface area contributed by atoms with E-state index in [2.05, 4.69) is 5.32 Å². The zero-order valence-electron chi connectivity index (χ0n) is 17.1. The van der Waals surface area contributed by atoms with Crippen LogP contribution in [0.5, 0.6) is 0 Å². The van der Waals surface area contributed by atoms with Crippen LogP contribution in [0.15, 0.2) is 48.5 Å². The predicted molar refractivity (Wildman–Crippen MR) is 115 cm³/mol. The maximum atomic E-state index is 12.4. The molecule has 0 aromatic heterocycles. The molecule has 2 aromatic rings. The van der Waals surface area contributed by atoms with Crippen LogP contribution in [0.4, 0.5) is 5.69 Å². The summed E-state index contributed by atoms with van der Waals surface area (Å²) in [5.41, 5.74) is 3.23. The first-order valence-electron chi connectivity index (χ1n) is 9.84. The number of nitrogens with one attached hydrogen (secondary N) is 1. The van der Waals surface area contributed by atoms with Crippen LogP contribution in [-0.4, -0.2) is 39.8 Å². The molecule has 7 heteroatoms. The van der Waals surface area contributed by atoms with Crippen molar-refractivity contribution in [3.05, 3.63) is 65.2 Å². The van der Waals surface area contributed by atoms with E-state index in [9.17, 15) is 13.2 Å². The minimum absolute atomic E-state index is 0.0170. The summed E-state index contributed by atoms with van der Waals surface area (Å²) in [5, 5.41) is 2.91. The highest BCUT2D eigenvalue weighted by molar-refractivity contribution is 7.92. The summed E-state index contributed by atoms with van der Waals surface area (Å²) in [6, 6.07) is 15.1. The lowest BCUT2D eigenvalue weighted by atomic mass is 10.1. The SMILES string of the molecule is CC(OCCCNC(=O)c1ccc2c(c1)CC(C)N2S(C)(=O)=O)c1ccccc1. The van der Waals surface area contributed by atoms with Crippen LogP contribution in [0.3, 0.4) is 0 Å². The number of carbonyl (C=O) groups is 1. The highest BCUT2D eigenvalue weighted by Crippen LogP contribution is 2.34. The number of ether oxygens (including phenoxy) is 1. The first-order valence-corrected chi connectivity index (χ1v) is 11.7. The Balaban J connectivity index is 1.49. The first-order chi connectivity index (χ1) is 13.8. The van der Waals surface area contributed by atoms with Gasteiger partial charge in [-0.2, -0.15) is 0 Å². The maximum Gasteiger partial charge on any atom is 0.251 e. The zero-order valence-corrected chi connectivity index (χ0v) is 17.9. The van der Waals surface area contributed by atoms with Crippen LogP contribution in [0, 0.1) is 0 Å². The smallest absolute Gasteiger partial charge is 0.251 e. The van der Waals surface area contributed by atoms with Gasteiger partial charge < -0.3 is 10.1 Å². The second kappa shape index (κ2) is 8.97. The van der Waals surface area contributed by atoms with Crippen molar-refractivity contribution in [3.8, 4) is 0 Å². The molecule has 1 N–H and O–H groups in total. The normalized spacial score (nSPS) is 17.1. The molecular formula is C22H28N2O4S. The van der Waals surface area contributed by atoms with Gasteiger partial charge in [0.15, 0.2) is 0 Å². The monoisotopic (exact) mass is 416 g/mol. The van der Waals surface area contributed by atoms with Crippen molar-refractivity contribution in [2.75, 3.05) is 23.7 Å². The lowest BCUT2D eigenvalue weighted by Crippen LogP contribution is -2.34. The number of nitrogens with zero attached hydrogens (tertiary/aromatic N) is 1. The molecule has 0 fully saturated rings. The van der Waals surface area contributed by atoms with Gasteiger partial charge in [-0.15, -0.1) is 0 Å². The Morgan fingerprint density at radius 2 is 1.97 bits per heavy atom. The Bertz CT molecular complexity index is 960. The Morgan fingerprint density at radius 3 is 2.66 bits per heavy atom. The van der Waals surface area contributed by atoms with Crippen molar-refractivity contribution in [1.29, 1.82) is 0 Å². The van der Waals surface area contributed by atoms with E-state index in [4.69, 9.17) is 4.74 Å². The van der Waals surface area contributed by atoms with Crippen LogP contribution in [-0.2, 0) is 21.2 Å². The van der Waals surface area contributed by atoms with Crippen molar-refractivity contribution in [2.24, 2.45) is 0 Å². The summed E-state index contributed by atoms with van der Waals surface area (Å²) >= 11 is 0. The van der Waals surface area contributed by atoms with Crippen molar-refractivity contribution >= 4 is 21.6 Å². The summed E-state index contributed by atoms with van der Waals surface area (Å²) < 4.78 is 31.2. The Hall–Kier alpha value is -2.38. The number of fused-ring (bicyclic) bond motifs is 1. The number of sulfonamides is 1. The van der Waals surface area contributed by atoms with Gasteiger partial charge in [0.1, 0.15) is 0 Å². The lowest BCUT2D eigenvalue weighted by Gasteiger charge is -2.21. The number of amides is 1. The van der Waals surface area contributed by atoms with Gasteiger partial charge in [-0.3, -0.25) is 9.10 Å². The van der Waals surface area contributed by atoms with E-state index in [1.54, 1.807) is 18.2 Å². The molecule has 0 radical (unpaired) electrons. The number of rotatable bonds is 8. The highest BCUT2D eigenvalue weighted by atomic mass is 32.2. The number of hydrogen-bond acceptors (Lipinski definition) is 4. The van der Waals surface area contributed by atoms with E-state index in [1.807, 2.05) is 44.2 Å². The van der Waals surface area contributed by atoms with Crippen LogP contribution in [0.25, 0.3) is 0 Å². The van der Waals surface area contributed by atoms with E-state index in [0.717, 1.165) is 11.1 Å². The van der Waals surface area contributed by atoms with Gasteiger partial charge in [-0.1, -0.05) is 30.3 Å². The van der Waals surface area contributed by atoms with Crippen molar-refractivity contribution < 1.29 is 17.9 Å². The summed E-state index contributed by atoms with van der Waals surface area (Å²) in [6.45, 7) is 4.96. The third-order valence-corrected chi connectivity index (χ3v) is 6.37. The van der Waals surface area contributed by atoms with Gasteiger partial charge in [-0.05, 0) is 56.0 Å². The molecule has 1 aliphatic rings. The molecule has 6 nitrogen and oxygen atoms in total. The third-order valence-electron chi connectivity index (χ3n) is 5.10. The molecule has 2 atom stereocenters. The fraction of sp³-hybridized carbons (Fsp3) is 0.409. The fourth-order valence-corrected chi connectivity index (χ4v) is 4.97. The average molecular weight is 417 g/mol. The van der Waals surface area contributed by atoms with E-state index in [1.165, 1.54) is 10.6 Å². The molecule has 1 amide bonds. The maximum absolute atomic E-state index is 12.4. The first kappa shape index (κ1) is 21.3. The molecule has 0 bridgehead atoms. The molecule has 0 spiro atoms. The summed E-state index contributed by atoms with van der Waals surface area (Å²) in [7, 11) is -3.33. The van der Waals surface area contributed by atoms with E-state index in [0.29, 0.717) is 37.2 Å². The van der Waals surface area contributed by atoms with E-state index >= 15 is 0 Å². The predicted octanol–water partition coefficient (Wildman–Crippen LogP) is 3.29. The molecule has 2 aromatic carbocycles. The molecule has 2 unspecified atom stereocenters. The topological polar surface area (TPSA) is 75.7 Å². The number of carbonyl (C=O) groups excluding carboxylic acids is 1. The lowest BCUT2D eigenvalue weighted by molar-refractivity contribution is 0.0635. The van der Waals surface area contributed by atoms with Gasteiger partial charge in [0.05, 0.1) is 18.0 Å². The number of anilines is 1. The largest absolute Gasteiger partial charge is 0.374 e. The van der Waals surface area contributed by atoms with Crippen LogP contribution in [0.1, 0.15) is 47.9 Å². The third kappa shape index (κ3) is 5.16. The molecule has 1 heterocycles. The minimum Gasteiger partial charge on any atom is -0.374 e. The Kier molecular flexibility index (Phi) is 6.59. The second-order valence-electron chi connectivity index (χ2n) is 7.49. The highest BCUT2D eigenvalue weighted by Gasteiger charge is 2.32. The fourth-order valence-electron chi connectivity index (χ4n) is 3.71. The average Bonchev–Trinajstić information content (AvgIpc) is 3.03. The van der Waals surface area contributed by atoms with Gasteiger partial charge >= 0.3 is 0 Å². The van der Waals surface area contributed by atoms with E-state index in [-0.39, 0.29) is 18.1 Å². The molecular weight excluding hydrogens is 388 g/mol. The van der Waals surface area contributed by atoms with Gasteiger partial charge in [0, 0.05) is 24.8 Å². The second-order valence-corrected chi connectivity index (χ2v) is 9.35. The van der Waals surface area contributed by atoms with Crippen molar-refractivity contribution in [3.63, 3.8) is 0 Å². The van der Waals surface area contributed by atoms with Gasteiger partial charge in [0.25, 0.3) is 5.91 Å². The van der Waals surface area contributed by atoms with Crippen LogP contribution < -0.4 is 9.62 Å². The molecule has 29 heavy (non-hydrogen) atoms. The Morgan fingerprint density at radius 1 is 1.24 bits per heavy atom. The summed E-state index contributed by atoms with van der Waals surface area (Å²) in [4.78, 5) is 12.4. The molecule has 3 rings (SSSR count). The Labute approximate surface area is 172 Å². The molecule has 0 aliphatic carbocycles. The molecule has 1 aliphatic heterocycles. The van der Waals surface area contributed by atoms with Gasteiger partial charge in [0.2, 0.25) is 10.0 Å². The summed E-state index contributed by atoms with van der Waals surface area (Å²) in [6.07, 6.45) is 2.55. The van der Waals surface area contributed by atoms with Crippen molar-refractivity contribution in [1.82, 2.24) is 5.32 Å². The van der Waals surface area contributed by atoms with Crippen molar-refractivity contribution in [2.45, 2.75) is 38.8 Å². The molecule has 156 valence electrons. The van der Waals surface area contributed by atoms with Crippen LogP contribution >= 0.6 is 0 Å². The van der Waals surface area contributed by atoms with E-state index < -0.39 is 10.0 Å². The number of hydrogen-bond donors (Lipinski definition) is 1. The number of benzene rings is 2. The van der Waals surface area contributed by atoms with Gasteiger partial charge in [-0.25, -0.2) is 8.42 Å². The van der Waals surface area contributed by atoms with Crippen LogP contribution in [0.2, 0.25) is 0 Å².